The summed E-state index contributed by atoms with van der Waals surface area (Å²) in [5, 5.41) is 15.6. The molecule has 158 valence electrons. The number of amidine groups is 1. The molecule has 2 aromatic rings. The van der Waals surface area contributed by atoms with Crippen molar-refractivity contribution in [3.05, 3.63) is 62.5 Å². The van der Waals surface area contributed by atoms with E-state index >= 15 is 0 Å². The highest BCUT2D eigenvalue weighted by molar-refractivity contribution is 7.11. The minimum atomic E-state index is -0.831. The van der Waals surface area contributed by atoms with Crippen LogP contribution in [0, 0.1) is 11.7 Å². The van der Waals surface area contributed by atoms with Gasteiger partial charge in [0.1, 0.15) is 11.9 Å². The standard InChI is InChI=1S/C21H21ClFN3O3S/c1-29-21(28)15-17(11-5-7-12(27)8-6-11)25-19(20-24-9-10-30-20)26-18(15)13-3-2-4-14(23)16(13)22/h2-4,9-12,18,27H,5-8H2,1H3,(H,25,26). The Bertz CT molecular complexity index is 1000. The average Bonchev–Trinajstić information content (AvgIpc) is 3.30. The first-order chi connectivity index (χ1) is 14.5. The third-order valence-corrected chi connectivity index (χ3v) is 6.67. The van der Waals surface area contributed by atoms with E-state index in [-0.39, 0.29) is 17.0 Å². The number of hydrogen-bond acceptors (Lipinski definition) is 7. The van der Waals surface area contributed by atoms with Crippen molar-refractivity contribution < 1.29 is 19.0 Å². The van der Waals surface area contributed by atoms with Crippen LogP contribution in [0.3, 0.4) is 0 Å². The van der Waals surface area contributed by atoms with Crippen LogP contribution in [0.4, 0.5) is 4.39 Å². The molecule has 1 aliphatic heterocycles. The number of aromatic nitrogens is 1. The van der Waals surface area contributed by atoms with E-state index in [1.807, 2.05) is 5.38 Å². The molecule has 1 aliphatic carbocycles. The number of nitrogens with zero attached hydrogens (tertiary/aromatic N) is 2. The lowest BCUT2D eigenvalue weighted by molar-refractivity contribution is -0.136. The van der Waals surface area contributed by atoms with Crippen LogP contribution in [-0.2, 0) is 9.53 Å². The fourth-order valence-electron chi connectivity index (χ4n) is 3.99. The van der Waals surface area contributed by atoms with Crippen molar-refractivity contribution in [3.8, 4) is 0 Å². The van der Waals surface area contributed by atoms with E-state index < -0.39 is 17.8 Å². The van der Waals surface area contributed by atoms with Crippen molar-refractivity contribution in [3.63, 3.8) is 0 Å². The number of ether oxygens (including phenoxy) is 1. The fraction of sp³-hybridized carbons (Fsp3) is 0.381. The molecule has 1 aromatic heterocycles. The number of methoxy groups -OCH3 is 1. The Morgan fingerprint density at radius 1 is 1.33 bits per heavy atom. The molecule has 6 nitrogen and oxygen atoms in total. The molecule has 2 heterocycles. The number of benzene rings is 1. The molecule has 4 rings (SSSR count). The predicted molar refractivity (Wildman–Crippen MR) is 113 cm³/mol. The average molecular weight is 450 g/mol. The van der Waals surface area contributed by atoms with E-state index in [0.29, 0.717) is 53.4 Å². The third-order valence-electron chi connectivity index (χ3n) is 5.50. The number of rotatable bonds is 4. The van der Waals surface area contributed by atoms with E-state index in [4.69, 9.17) is 21.3 Å². The summed E-state index contributed by atoms with van der Waals surface area (Å²) in [6.07, 6.45) is 4.02. The highest BCUT2D eigenvalue weighted by atomic mass is 35.5. The number of hydrogen-bond donors (Lipinski definition) is 2. The minimum Gasteiger partial charge on any atom is -0.466 e. The van der Waals surface area contributed by atoms with E-state index in [1.54, 1.807) is 18.3 Å². The number of thiazole rings is 1. The van der Waals surface area contributed by atoms with Crippen molar-refractivity contribution in [2.45, 2.75) is 37.8 Å². The third kappa shape index (κ3) is 3.99. The van der Waals surface area contributed by atoms with Gasteiger partial charge in [0.25, 0.3) is 0 Å². The number of aliphatic imine (C=N–C) groups is 1. The fourth-order valence-corrected chi connectivity index (χ4v) is 4.81. The van der Waals surface area contributed by atoms with E-state index in [1.165, 1.54) is 24.5 Å². The second-order valence-electron chi connectivity index (χ2n) is 7.31. The zero-order valence-electron chi connectivity index (χ0n) is 16.3. The van der Waals surface area contributed by atoms with Gasteiger partial charge in [0.15, 0.2) is 10.8 Å². The number of aliphatic hydroxyl groups is 1. The molecular weight excluding hydrogens is 429 g/mol. The van der Waals surface area contributed by atoms with Gasteiger partial charge in [0, 0.05) is 22.8 Å². The molecule has 0 bridgehead atoms. The maximum Gasteiger partial charge on any atom is 0.338 e. The number of carbonyl (C=O) groups excluding carboxylic acids is 1. The van der Waals surface area contributed by atoms with Crippen molar-refractivity contribution in [1.82, 2.24) is 10.3 Å². The largest absolute Gasteiger partial charge is 0.466 e. The Kier molecular flexibility index (Phi) is 6.17. The smallest absolute Gasteiger partial charge is 0.338 e. The molecule has 0 saturated heterocycles. The van der Waals surface area contributed by atoms with Crippen molar-refractivity contribution in [2.24, 2.45) is 10.9 Å². The first-order valence-corrected chi connectivity index (χ1v) is 10.9. The second-order valence-corrected chi connectivity index (χ2v) is 8.58. The lowest BCUT2D eigenvalue weighted by Gasteiger charge is -2.34. The van der Waals surface area contributed by atoms with Gasteiger partial charge >= 0.3 is 5.97 Å². The van der Waals surface area contributed by atoms with Crippen LogP contribution in [0.1, 0.15) is 42.3 Å². The Balaban J connectivity index is 1.87. The molecule has 1 atom stereocenters. The van der Waals surface area contributed by atoms with Gasteiger partial charge in [-0.05, 0) is 37.7 Å². The Morgan fingerprint density at radius 3 is 2.77 bits per heavy atom. The second kappa shape index (κ2) is 8.83. The van der Waals surface area contributed by atoms with Crippen molar-refractivity contribution in [1.29, 1.82) is 0 Å². The van der Waals surface area contributed by atoms with Gasteiger partial charge in [-0.15, -0.1) is 11.3 Å². The predicted octanol–water partition coefficient (Wildman–Crippen LogP) is 4.00. The van der Waals surface area contributed by atoms with Gasteiger partial charge < -0.3 is 15.2 Å². The monoisotopic (exact) mass is 449 g/mol. The molecule has 1 aromatic carbocycles. The molecule has 1 unspecified atom stereocenters. The highest BCUT2D eigenvalue weighted by Crippen LogP contribution is 2.41. The van der Waals surface area contributed by atoms with Crippen LogP contribution in [0.15, 0.2) is 46.0 Å². The zero-order valence-corrected chi connectivity index (χ0v) is 17.8. The number of carbonyl (C=O) groups is 1. The molecular formula is C21H21ClFN3O3S. The molecule has 2 N–H and O–H groups in total. The summed E-state index contributed by atoms with van der Waals surface area (Å²) in [7, 11) is 1.31. The van der Waals surface area contributed by atoms with Crippen molar-refractivity contribution in [2.75, 3.05) is 7.11 Å². The van der Waals surface area contributed by atoms with Crippen LogP contribution in [-0.4, -0.2) is 35.1 Å². The molecule has 1 fully saturated rings. The highest BCUT2D eigenvalue weighted by Gasteiger charge is 2.37. The minimum absolute atomic E-state index is 0.00259. The summed E-state index contributed by atoms with van der Waals surface area (Å²) in [4.78, 5) is 21.9. The van der Waals surface area contributed by atoms with Gasteiger partial charge in [0.2, 0.25) is 0 Å². The van der Waals surface area contributed by atoms with Gasteiger partial charge in [-0.25, -0.2) is 14.2 Å². The number of aliphatic hydroxyl groups excluding tert-OH is 1. The first-order valence-electron chi connectivity index (χ1n) is 9.68. The molecule has 0 spiro atoms. The Morgan fingerprint density at radius 2 is 2.10 bits per heavy atom. The molecule has 0 amide bonds. The topological polar surface area (TPSA) is 83.8 Å². The Hall–Kier alpha value is -2.29. The van der Waals surface area contributed by atoms with E-state index in [9.17, 15) is 14.3 Å². The number of allylic oxidation sites excluding steroid dienone is 1. The van der Waals surface area contributed by atoms with Crippen LogP contribution in [0.2, 0.25) is 5.02 Å². The maximum atomic E-state index is 14.2. The summed E-state index contributed by atoms with van der Waals surface area (Å²) in [6.45, 7) is 0. The first kappa shape index (κ1) is 21.0. The maximum absolute atomic E-state index is 14.2. The lowest BCUT2D eigenvalue weighted by atomic mass is 9.81. The van der Waals surface area contributed by atoms with Gasteiger partial charge in [-0.2, -0.15) is 0 Å². The number of halogens is 2. The molecule has 2 aliphatic rings. The number of nitrogens with one attached hydrogen (secondary N) is 1. The van der Waals surface area contributed by atoms with E-state index in [0.717, 1.165) is 0 Å². The molecule has 1 saturated carbocycles. The van der Waals surface area contributed by atoms with Crippen LogP contribution < -0.4 is 5.32 Å². The lowest BCUT2D eigenvalue weighted by Crippen LogP contribution is -2.38. The van der Waals surface area contributed by atoms with E-state index in [2.05, 4.69) is 10.3 Å². The summed E-state index contributed by atoms with van der Waals surface area (Å²) < 4.78 is 19.3. The summed E-state index contributed by atoms with van der Waals surface area (Å²) in [5.41, 5.74) is 1.38. The van der Waals surface area contributed by atoms with Crippen LogP contribution in [0.5, 0.6) is 0 Å². The molecule has 9 heteroatoms. The van der Waals surface area contributed by atoms with Crippen molar-refractivity contribution >= 4 is 34.7 Å². The van der Waals surface area contributed by atoms with Gasteiger partial charge in [-0.1, -0.05) is 23.7 Å². The molecule has 0 radical (unpaired) electrons. The normalized spacial score (nSPS) is 24.3. The zero-order chi connectivity index (χ0) is 21.3. The number of esters is 1. The van der Waals surface area contributed by atoms with Gasteiger partial charge in [-0.3, -0.25) is 4.99 Å². The summed E-state index contributed by atoms with van der Waals surface area (Å²) >= 11 is 7.69. The summed E-state index contributed by atoms with van der Waals surface area (Å²) in [6, 6.07) is 3.64. The quantitative estimate of drug-likeness (QED) is 0.689. The Labute approximate surface area is 182 Å². The van der Waals surface area contributed by atoms with Gasteiger partial charge in [0.05, 0.1) is 23.8 Å². The van der Waals surface area contributed by atoms with Crippen LogP contribution in [0.25, 0.3) is 0 Å². The van der Waals surface area contributed by atoms with Crippen LogP contribution >= 0.6 is 22.9 Å². The SMILES string of the molecule is COC(=O)C1=C(C2CCC(O)CC2)NC(c2nccs2)=NC1c1cccc(F)c1Cl. The summed E-state index contributed by atoms with van der Waals surface area (Å²) in [5.74, 6) is -0.618. The molecule has 30 heavy (non-hydrogen) atoms.